The van der Waals surface area contributed by atoms with Gasteiger partial charge in [0.25, 0.3) is 0 Å². The van der Waals surface area contributed by atoms with Crippen LogP contribution in [0.1, 0.15) is 24.0 Å². The molecule has 4 nitrogen and oxygen atoms in total. The van der Waals surface area contributed by atoms with Gasteiger partial charge in [0, 0.05) is 19.5 Å². The zero-order chi connectivity index (χ0) is 14.0. The van der Waals surface area contributed by atoms with Crippen LogP contribution in [0.3, 0.4) is 0 Å². The Hall–Kier alpha value is -1.91. The van der Waals surface area contributed by atoms with Crippen molar-refractivity contribution in [3.63, 3.8) is 0 Å². The number of aliphatic carboxylic acids is 1. The van der Waals surface area contributed by atoms with E-state index in [4.69, 9.17) is 5.11 Å². The maximum absolute atomic E-state index is 13.0. The number of carboxylic acid groups (broad SMARTS) is 1. The van der Waals surface area contributed by atoms with Crippen LogP contribution in [0.5, 0.6) is 0 Å². The van der Waals surface area contributed by atoms with E-state index in [9.17, 15) is 14.0 Å². The molecule has 0 bridgehead atoms. The van der Waals surface area contributed by atoms with Crippen molar-refractivity contribution >= 4 is 11.9 Å². The Morgan fingerprint density at radius 1 is 1.53 bits per heavy atom. The highest BCUT2D eigenvalue weighted by molar-refractivity contribution is 5.80. The van der Waals surface area contributed by atoms with Gasteiger partial charge in [-0.15, -0.1) is 0 Å². The van der Waals surface area contributed by atoms with Crippen molar-refractivity contribution in [2.45, 2.75) is 26.3 Å². The van der Waals surface area contributed by atoms with Crippen molar-refractivity contribution in [2.24, 2.45) is 5.92 Å². The molecule has 19 heavy (non-hydrogen) atoms. The third-order valence-electron chi connectivity index (χ3n) is 3.52. The monoisotopic (exact) mass is 265 g/mol. The first kappa shape index (κ1) is 13.5. The molecule has 1 N–H and O–H groups in total. The average molecular weight is 265 g/mol. The molecule has 1 saturated heterocycles. The minimum absolute atomic E-state index is 0.0405. The summed E-state index contributed by atoms with van der Waals surface area (Å²) in [5, 5.41) is 9.01. The molecule has 1 unspecified atom stereocenters. The number of carbonyl (C=O) groups excluding carboxylic acids is 1. The van der Waals surface area contributed by atoms with Crippen LogP contribution in [0.2, 0.25) is 0 Å². The fourth-order valence-corrected chi connectivity index (χ4v) is 2.31. The van der Waals surface area contributed by atoms with Crippen molar-refractivity contribution in [3.05, 3.63) is 35.1 Å². The van der Waals surface area contributed by atoms with Gasteiger partial charge in [-0.3, -0.25) is 9.59 Å². The van der Waals surface area contributed by atoms with Gasteiger partial charge in [0.15, 0.2) is 0 Å². The van der Waals surface area contributed by atoms with E-state index < -0.39 is 11.9 Å². The first-order valence-electron chi connectivity index (χ1n) is 6.23. The molecule has 0 aliphatic carbocycles. The number of carboxylic acids is 1. The number of nitrogens with zero attached hydrogens (tertiary/aromatic N) is 1. The predicted octanol–water partition coefficient (Wildman–Crippen LogP) is 1.96. The Morgan fingerprint density at radius 3 is 2.89 bits per heavy atom. The van der Waals surface area contributed by atoms with Crippen molar-refractivity contribution < 1.29 is 19.1 Å². The molecule has 0 spiro atoms. The molecular formula is C14H16FNO3. The third kappa shape index (κ3) is 3.10. The van der Waals surface area contributed by atoms with E-state index >= 15 is 0 Å². The molecule has 2 rings (SSSR count). The number of aryl methyl sites for hydroxylation is 1. The molecule has 1 aromatic rings. The number of hydrogen-bond acceptors (Lipinski definition) is 2. The van der Waals surface area contributed by atoms with Crippen molar-refractivity contribution in [1.29, 1.82) is 0 Å². The summed E-state index contributed by atoms with van der Waals surface area (Å²) >= 11 is 0. The molecule has 1 aliphatic rings. The highest BCUT2D eigenvalue weighted by atomic mass is 19.1. The van der Waals surface area contributed by atoms with Gasteiger partial charge in [0.2, 0.25) is 5.91 Å². The number of amides is 1. The summed E-state index contributed by atoms with van der Waals surface area (Å²) in [7, 11) is 0. The van der Waals surface area contributed by atoms with Gasteiger partial charge in [-0.2, -0.15) is 0 Å². The van der Waals surface area contributed by atoms with Crippen LogP contribution in [0, 0.1) is 18.7 Å². The molecular weight excluding hydrogens is 249 g/mol. The predicted molar refractivity (Wildman–Crippen MR) is 66.9 cm³/mol. The van der Waals surface area contributed by atoms with E-state index in [2.05, 4.69) is 0 Å². The van der Waals surface area contributed by atoms with Crippen molar-refractivity contribution in [3.8, 4) is 0 Å². The number of carbonyl (C=O) groups is 2. The fraction of sp³-hybridized carbons (Fsp3) is 0.429. The molecule has 1 fully saturated rings. The van der Waals surface area contributed by atoms with Crippen molar-refractivity contribution in [1.82, 2.24) is 4.90 Å². The van der Waals surface area contributed by atoms with Crippen LogP contribution < -0.4 is 0 Å². The minimum Gasteiger partial charge on any atom is -0.481 e. The molecule has 1 heterocycles. The number of halogens is 1. The summed E-state index contributed by atoms with van der Waals surface area (Å²) in [4.78, 5) is 24.3. The van der Waals surface area contributed by atoms with E-state index in [1.54, 1.807) is 17.9 Å². The van der Waals surface area contributed by atoms with Gasteiger partial charge in [-0.1, -0.05) is 6.07 Å². The zero-order valence-corrected chi connectivity index (χ0v) is 10.7. The zero-order valence-electron chi connectivity index (χ0n) is 10.7. The number of hydrogen-bond donors (Lipinski definition) is 1. The SMILES string of the molecule is Cc1cc(F)ccc1CN1CC(C(=O)O)CCC1=O. The Morgan fingerprint density at radius 2 is 2.26 bits per heavy atom. The number of piperidine rings is 1. The maximum atomic E-state index is 13.0. The van der Waals surface area contributed by atoms with Gasteiger partial charge in [-0.25, -0.2) is 4.39 Å². The molecule has 5 heteroatoms. The van der Waals surface area contributed by atoms with Crippen LogP contribution in [-0.2, 0) is 16.1 Å². The summed E-state index contributed by atoms with van der Waals surface area (Å²) in [5.41, 5.74) is 1.62. The van der Waals surface area contributed by atoms with Gasteiger partial charge < -0.3 is 10.0 Å². The molecule has 0 saturated carbocycles. The topological polar surface area (TPSA) is 57.6 Å². The summed E-state index contributed by atoms with van der Waals surface area (Å²) in [6, 6.07) is 4.41. The molecule has 1 aromatic carbocycles. The van der Waals surface area contributed by atoms with Crippen LogP contribution in [0.25, 0.3) is 0 Å². The smallest absolute Gasteiger partial charge is 0.308 e. The lowest BCUT2D eigenvalue weighted by atomic mass is 9.97. The number of likely N-dealkylation sites (tertiary alicyclic amines) is 1. The van der Waals surface area contributed by atoms with E-state index in [-0.39, 0.29) is 24.7 Å². The normalized spacial score (nSPS) is 19.6. The highest BCUT2D eigenvalue weighted by Gasteiger charge is 2.30. The lowest BCUT2D eigenvalue weighted by Crippen LogP contribution is -2.42. The van der Waals surface area contributed by atoms with Crippen molar-refractivity contribution in [2.75, 3.05) is 6.54 Å². The Labute approximate surface area is 110 Å². The van der Waals surface area contributed by atoms with E-state index in [1.807, 2.05) is 0 Å². The molecule has 102 valence electrons. The lowest BCUT2D eigenvalue weighted by molar-refractivity contribution is -0.147. The van der Waals surface area contributed by atoms with E-state index in [0.29, 0.717) is 13.0 Å². The van der Waals surface area contributed by atoms with Gasteiger partial charge >= 0.3 is 5.97 Å². The van der Waals surface area contributed by atoms with E-state index in [0.717, 1.165) is 11.1 Å². The summed E-state index contributed by atoms with van der Waals surface area (Å²) < 4.78 is 13.0. The average Bonchev–Trinajstić information content (AvgIpc) is 2.34. The second kappa shape index (κ2) is 5.38. The minimum atomic E-state index is -0.867. The number of benzene rings is 1. The summed E-state index contributed by atoms with van der Waals surface area (Å²) in [6.45, 7) is 2.35. The highest BCUT2D eigenvalue weighted by Crippen LogP contribution is 2.21. The third-order valence-corrected chi connectivity index (χ3v) is 3.52. The van der Waals surface area contributed by atoms with Crippen LogP contribution in [0.15, 0.2) is 18.2 Å². The number of rotatable bonds is 3. The van der Waals surface area contributed by atoms with Gasteiger partial charge in [-0.05, 0) is 36.6 Å². The Kier molecular flexibility index (Phi) is 3.83. The molecule has 1 aliphatic heterocycles. The molecule has 0 radical (unpaired) electrons. The quantitative estimate of drug-likeness (QED) is 0.908. The summed E-state index contributed by atoms with van der Waals surface area (Å²) in [5.74, 6) is -1.72. The molecule has 1 amide bonds. The first-order chi connectivity index (χ1) is 8.97. The van der Waals surface area contributed by atoms with E-state index in [1.165, 1.54) is 12.1 Å². The largest absolute Gasteiger partial charge is 0.481 e. The molecule has 0 aromatic heterocycles. The lowest BCUT2D eigenvalue weighted by Gasteiger charge is -2.31. The Bertz CT molecular complexity index is 515. The first-order valence-corrected chi connectivity index (χ1v) is 6.23. The standard InChI is InChI=1S/C14H16FNO3/c1-9-6-12(15)4-2-10(9)7-16-8-11(14(18)19)3-5-13(16)17/h2,4,6,11H,3,5,7-8H2,1H3,(H,18,19). The van der Waals surface area contributed by atoms with Gasteiger partial charge in [0.05, 0.1) is 5.92 Å². The second-order valence-corrected chi connectivity index (χ2v) is 4.92. The van der Waals surface area contributed by atoms with Crippen LogP contribution >= 0.6 is 0 Å². The second-order valence-electron chi connectivity index (χ2n) is 4.92. The van der Waals surface area contributed by atoms with Crippen LogP contribution in [-0.4, -0.2) is 28.4 Å². The summed E-state index contributed by atoms with van der Waals surface area (Å²) in [6.07, 6.45) is 0.657. The van der Waals surface area contributed by atoms with Gasteiger partial charge in [0.1, 0.15) is 5.82 Å². The maximum Gasteiger partial charge on any atom is 0.308 e. The fourth-order valence-electron chi connectivity index (χ4n) is 2.31. The molecule has 1 atom stereocenters. The Balaban J connectivity index is 2.12. The van der Waals surface area contributed by atoms with Crippen LogP contribution in [0.4, 0.5) is 4.39 Å².